The molecule has 0 radical (unpaired) electrons. The maximum atomic E-state index is 12.0. The lowest BCUT2D eigenvalue weighted by Crippen LogP contribution is -2.37. The molecule has 0 saturated heterocycles. The molecule has 0 aromatic carbocycles. The molecule has 0 saturated carbocycles. The van der Waals surface area contributed by atoms with Crippen LogP contribution in [0.1, 0.15) is 18.2 Å². The Labute approximate surface area is 115 Å². The second-order valence-corrected chi connectivity index (χ2v) is 6.60. The molecule has 1 unspecified atom stereocenters. The van der Waals surface area contributed by atoms with E-state index < -0.39 is 0 Å². The Bertz CT molecular complexity index is 363. The van der Waals surface area contributed by atoms with Crippen molar-refractivity contribution in [2.45, 2.75) is 19.8 Å². The Morgan fingerprint density at radius 1 is 1.59 bits per heavy atom. The van der Waals surface area contributed by atoms with Gasteiger partial charge in [-0.25, -0.2) is 0 Å². The van der Waals surface area contributed by atoms with Crippen LogP contribution in [0.15, 0.2) is 15.9 Å². The number of hydrogen-bond donors (Lipinski definition) is 1. The predicted octanol–water partition coefficient (Wildman–Crippen LogP) is 2.50. The van der Waals surface area contributed by atoms with Crippen molar-refractivity contribution >= 4 is 33.2 Å². The summed E-state index contributed by atoms with van der Waals surface area (Å²) in [6.45, 7) is 3.19. The van der Waals surface area contributed by atoms with E-state index in [9.17, 15) is 4.79 Å². The molecule has 1 rings (SSSR count). The molecule has 0 aliphatic heterocycles. The van der Waals surface area contributed by atoms with Crippen LogP contribution in [-0.2, 0) is 11.2 Å². The molecular weight excluding hydrogens is 300 g/mol. The van der Waals surface area contributed by atoms with Crippen LogP contribution in [0.4, 0.5) is 0 Å². The molecule has 0 spiro atoms. The van der Waals surface area contributed by atoms with Gasteiger partial charge in [-0.15, -0.1) is 11.3 Å². The smallest absolute Gasteiger partial charge is 0.226 e. The lowest BCUT2D eigenvalue weighted by Gasteiger charge is -2.21. The van der Waals surface area contributed by atoms with Gasteiger partial charge >= 0.3 is 0 Å². The van der Waals surface area contributed by atoms with Crippen LogP contribution in [0.5, 0.6) is 0 Å². The lowest BCUT2D eigenvalue weighted by atomic mass is 10.1. The maximum absolute atomic E-state index is 12.0. The first-order valence-electron chi connectivity index (χ1n) is 5.77. The highest BCUT2D eigenvalue weighted by atomic mass is 79.9. The van der Waals surface area contributed by atoms with Crippen molar-refractivity contribution in [1.29, 1.82) is 0 Å². The van der Waals surface area contributed by atoms with Crippen LogP contribution in [0.3, 0.4) is 0 Å². The van der Waals surface area contributed by atoms with Crippen molar-refractivity contribution < 1.29 is 4.79 Å². The second kappa shape index (κ2) is 7.13. The number of rotatable bonds is 6. The zero-order chi connectivity index (χ0) is 12.8. The number of amides is 1. The molecule has 5 heteroatoms. The molecule has 2 N–H and O–H groups in total. The Kier molecular flexibility index (Phi) is 6.16. The summed E-state index contributed by atoms with van der Waals surface area (Å²) in [5, 5.41) is 0. The van der Waals surface area contributed by atoms with Gasteiger partial charge in [0.25, 0.3) is 0 Å². The fourth-order valence-corrected chi connectivity index (χ4v) is 3.10. The van der Waals surface area contributed by atoms with Crippen molar-refractivity contribution in [3.8, 4) is 0 Å². The van der Waals surface area contributed by atoms with E-state index in [-0.39, 0.29) is 11.8 Å². The first-order chi connectivity index (χ1) is 8.08. The van der Waals surface area contributed by atoms with Gasteiger partial charge in [-0.2, -0.15) is 0 Å². The van der Waals surface area contributed by atoms with E-state index in [1.165, 1.54) is 4.88 Å². The van der Waals surface area contributed by atoms with Crippen molar-refractivity contribution in [3.63, 3.8) is 0 Å². The second-order valence-electron chi connectivity index (χ2n) is 4.06. The van der Waals surface area contributed by atoms with Gasteiger partial charge < -0.3 is 10.6 Å². The molecule has 0 aliphatic carbocycles. The number of likely N-dealkylation sites (N-methyl/N-ethyl adjacent to an activating group) is 1. The maximum Gasteiger partial charge on any atom is 0.226 e. The third-order valence-corrected chi connectivity index (χ3v) is 4.51. The van der Waals surface area contributed by atoms with Gasteiger partial charge in [-0.05, 0) is 40.9 Å². The van der Waals surface area contributed by atoms with Crippen LogP contribution in [0.2, 0.25) is 0 Å². The monoisotopic (exact) mass is 318 g/mol. The summed E-state index contributed by atoms with van der Waals surface area (Å²) in [5.74, 6) is 0.126. The van der Waals surface area contributed by atoms with Crippen LogP contribution >= 0.6 is 27.3 Å². The molecular formula is C12H19BrN2OS. The zero-order valence-electron chi connectivity index (χ0n) is 10.3. The third-order valence-electron chi connectivity index (χ3n) is 2.83. The lowest BCUT2D eigenvalue weighted by molar-refractivity contribution is -0.133. The molecule has 0 fully saturated rings. The van der Waals surface area contributed by atoms with Crippen molar-refractivity contribution in [3.05, 3.63) is 20.8 Å². The van der Waals surface area contributed by atoms with Crippen LogP contribution in [0.25, 0.3) is 0 Å². The van der Waals surface area contributed by atoms with Gasteiger partial charge in [0, 0.05) is 25.0 Å². The Balaban J connectivity index is 2.43. The minimum Gasteiger partial charge on any atom is -0.345 e. The van der Waals surface area contributed by atoms with E-state index in [1.54, 1.807) is 16.2 Å². The summed E-state index contributed by atoms with van der Waals surface area (Å²) in [7, 11) is 1.85. The summed E-state index contributed by atoms with van der Waals surface area (Å²) < 4.78 is 1.13. The number of hydrogen-bond acceptors (Lipinski definition) is 3. The van der Waals surface area contributed by atoms with Gasteiger partial charge in [0.2, 0.25) is 5.91 Å². The molecule has 1 aromatic heterocycles. The van der Waals surface area contributed by atoms with E-state index in [4.69, 9.17) is 5.73 Å². The SMILES string of the molecule is CCC(CN)C(=O)N(C)CCc1ccc(Br)s1. The zero-order valence-corrected chi connectivity index (χ0v) is 12.7. The highest BCUT2D eigenvalue weighted by molar-refractivity contribution is 9.11. The quantitative estimate of drug-likeness (QED) is 0.876. The highest BCUT2D eigenvalue weighted by Crippen LogP contribution is 2.22. The fraction of sp³-hybridized carbons (Fsp3) is 0.583. The molecule has 3 nitrogen and oxygen atoms in total. The molecule has 0 aliphatic rings. The predicted molar refractivity (Wildman–Crippen MR) is 76.2 cm³/mol. The van der Waals surface area contributed by atoms with E-state index in [1.807, 2.05) is 20.0 Å². The largest absolute Gasteiger partial charge is 0.345 e. The molecule has 1 amide bonds. The third kappa shape index (κ3) is 4.41. The Hall–Kier alpha value is -0.390. The number of nitrogens with zero attached hydrogens (tertiary/aromatic N) is 1. The summed E-state index contributed by atoms with van der Waals surface area (Å²) in [5.41, 5.74) is 5.58. The average molecular weight is 319 g/mol. The van der Waals surface area contributed by atoms with E-state index in [2.05, 4.69) is 22.0 Å². The average Bonchev–Trinajstić information content (AvgIpc) is 2.73. The van der Waals surface area contributed by atoms with Gasteiger partial charge in [0.05, 0.1) is 9.70 Å². The number of nitrogens with two attached hydrogens (primary N) is 1. The first kappa shape index (κ1) is 14.7. The molecule has 17 heavy (non-hydrogen) atoms. The normalized spacial score (nSPS) is 12.5. The van der Waals surface area contributed by atoms with Crippen molar-refractivity contribution in [2.75, 3.05) is 20.1 Å². The Morgan fingerprint density at radius 2 is 2.29 bits per heavy atom. The first-order valence-corrected chi connectivity index (χ1v) is 7.38. The minimum absolute atomic E-state index is 0.0323. The summed E-state index contributed by atoms with van der Waals surface area (Å²) in [6.07, 6.45) is 1.71. The van der Waals surface area contributed by atoms with Crippen molar-refractivity contribution in [1.82, 2.24) is 4.90 Å². The molecule has 0 bridgehead atoms. The highest BCUT2D eigenvalue weighted by Gasteiger charge is 2.18. The van der Waals surface area contributed by atoms with E-state index in [0.717, 1.165) is 23.2 Å². The van der Waals surface area contributed by atoms with Gasteiger partial charge in [0.1, 0.15) is 0 Å². The number of carbonyl (C=O) groups excluding carboxylic acids is 1. The molecule has 1 heterocycles. The van der Waals surface area contributed by atoms with Crippen LogP contribution < -0.4 is 5.73 Å². The number of carbonyl (C=O) groups is 1. The van der Waals surface area contributed by atoms with Gasteiger partial charge in [-0.1, -0.05) is 6.92 Å². The topological polar surface area (TPSA) is 46.3 Å². The summed E-state index contributed by atoms with van der Waals surface area (Å²) in [6, 6.07) is 4.13. The number of halogens is 1. The van der Waals surface area contributed by atoms with E-state index >= 15 is 0 Å². The van der Waals surface area contributed by atoms with Crippen LogP contribution in [-0.4, -0.2) is 30.9 Å². The molecule has 96 valence electrons. The standard InChI is InChI=1S/C12H19BrN2OS/c1-3-9(8-14)12(16)15(2)7-6-10-4-5-11(13)17-10/h4-5,9H,3,6-8,14H2,1-2H3. The molecule has 1 atom stereocenters. The molecule has 1 aromatic rings. The van der Waals surface area contributed by atoms with E-state index in [0.29, 0.717) is 6.54 Å². The van der Waals surface area contributed by atoms with Gasteiger partial charge in [0.15, 0.2) is 0 Å². The minimum atomic E-state index is -0.0323. The fourth-order valence-electron chi connectivity index (χ4n) is 1.63. The summed E-state index contributed by atoms with van der Waals surface area (Å²) >= 11 is 5.15. The Morgan fingerprint density at radius 3 is 2.76 bits per heavy atom. The van der Waals surface area contributed by atoms with Gasteiger partial charge in [-0.3, -0.25) is 4.79 Å². The number of thiophene rings is 1. The van der Waals surface area contributed by atoms with Crippen LogP contribution in [0, 0.1) is 5.92 Å². The van der Waals surface area contributed by atoms with Crippen molar-refractivity contribution in [2.24, 2.45) is 11.7 Å². The summed E-state index contributed by atoms with van der Waals surface area (Å²) in [4.78, 5) is 15.0.